The first-order valence-corrected chi connectivity index (χ1v) is 27.4. The van der Waals surface area contributed by atoms with Crippen molar-refractivity contribution in [1.82, 2.24) is 23.3 Å². The summed E-state index contributed by atoms with van der Waals surface area (Å²) in [4.78, 5) is 5.03. The summed E-state index contributed by atoms with van der Waals surface area (Å²) in [7, 11) is 0. The Bertz CT molecular complexity index is 5680. The molecule has 0 fully saturated rings. The Hall–Kier alpha value is -10.1. The van der Waals surface area contributed by atoms with E-state index >= 15 is 0 Å². The zero-order valence-electron chi connectivity index (χ0n) is 55.5. The Labute approximate surface area is 514 Å². The number of hydrogen-bond donors (Lipinski definition) is 0. The van der Waals surface area contributed by atoms with E-state index in [1.807, 2.05) is 48.7 Å². The van der Waals surface area contributed by atoms with Crippen molar-refractivity contribution in [1.29, 1.82) is 0 Å². The number of aromatic nitrogens is 6. The van der Waals surface area contributed by atoms with Crippen molar-refractivity contribution in [3.63, 3.8) is 0 Å². The van der Waals surface area contributed by atoms with Crippen LogP contribution in [0.15, 0.2) is 261 Å². The summed E-state index contributed by atoms with van der Waals surface area (Å²) in [5, 5.41) is 6.54. The molecule has 16 aromatic rings. The first-order chi connectivity index (χ1) is 45.0. The molecule has 0 radical (unpaired) electrons. The van der Waals surface area contributed by atoms with Gasteiger partial charge in [-0.25, -0.2) is 4.98 Å². The molecule has 0 spiro atoms. The van der Waals surface area contributed by atoms with E-state index < -0.39 is 60.4 Å². The summed E-state index contributed by atoms with van der Waals surface area (Å²) in [6.07, 6.45) is 5.30. The summed E-state index contributed by atoms with van der Waals surface area (Å²) in [6.45, 7) is 6.56. The molecular formula is C76H52N6OPt-2. The second kappa shape index (κ2) is 20.1. The molecule has 0 N–H and O–H groups in total. The summed E-state index contributed by atoms with van der Waals surface area (Å²) in [5.74, 6) is 1.45. The first kappa shape index (κ1) is 41.0. The van der Waals surface area contributed by atoms with Crippen molar-refractivity contribution in [2.75, 3.05) is 0 Å². The molecule has 5 aromatic heterocycles. The molecule has 0 unspecified atom stereocenters. The molecule has 11 aromatic carbocycles. The van der Waals surface area contributed by atoms with Crippen LogP contribution in [-0.4, -0.2) is 23.3 Å². The van der Waals surface area contributed by atoms with Crippen molar-refractivity contribution in [3.8, 4) is 62.3 Å². The number of imidazole rings is 1. The van der Waals surface area contributed by atoms with Crippen LogP contribution >= 0.6 is 0 Å². The van der Waals surface area contributed by atoms with Crippen molar-refractivity contribution >= 4 is 76.5 Å². The van der Waals surface area contributed by atoms with Gasteiger partial charge in [-0.2, -0.15) is 18.2 Å². The minimum atomic E-state index is -0.579. The van der Waals surface area contributed by atoms with Crippen molar-refractivity contribution < 1.29 is 44.1 Å². The van der Waals surface area contributed by atoms with Gasteiger partial charge < -0.3 is 23.0 Å². The van der Waals surface area contributed by atoms with Crippen LogP contribution in [0, 0.1) is 18.5 Å². The molecule has 0 aliphatic rings. The predicted molar refractivity (Wildman–Crippen MR) is 338 cm³/mol. The number of pyridine rings is 1. The monoisotopic (exact) mass is 1270 g/mol. The second-order valence-electron chi connectivity index (χ2n) is 21.6. The number of nitrogens with zero attached hydrogens (tertiary/aromatic N) is 6. The number of hydrogen-bond acceptors (Lipinski definition) is 2. The van der Waals surface area contributed by atoms with Crippen LogP contribution in [0.4, 0.5) is 0 Å². The molecule has 0 aliphatic heterocycles. The van der Waals surface area contributed by atoms with Gasteiger partial charge in [-0.1, -0.05) is 196 Å². The summed E-state index contributed by atoms with van der Waals surface area (Å²) in [6, 6.07) is 66.5. The molecule has 0 amide bonds. The molecule has 0 atom stereocenters. The average Bonchev–Trinajstić information content (AvgIpc) is 0.982. The normalized spacial score (nSPS) is 13.6. The van der Waals surface area contributed by atoms with Gasteiger partial charge in [0.1, 0.15) is 5.82 Å². The molecule has 0 aliphatic carbocycles. The van der Waals surface area contributed by atoms with Gasteiger partial charge in [0.15, 0.2) is 0 Å². The SMILES string of the molecule is [2H]c1c([2H])c([2H])c(-c2cccc(-c3c([2H])c([2H])c([2H])c([2H])c3[2H])c2-[n+]2[c-]n(-c3[c-]c(Oc4[c-]c5c(cc4)c4cc(-n6c7ccccc7c7cccc(-n8c9ccccc9c9ccccc98)c76)ccc4n5-c4cc(C(C)(C)C)ccn4)ccc3)c3ccccc32)c([2H])c1[2H].[Pt]. The third-order valence-electron chi connectivity index (χ3n) is 15.8. The van der Waals surface area contributed by atoms with Gasteiger partial charge in [0.05, 0.1) is 58.2 Å². The van der Waals surface area contributed by atoms with Crippen LogP contribution in [0.2, 0.25) is 0 Å². The van der Waals surface area contributed by atoms with Crippen LogP contribution in [0.3, 0.4) is 0 Å². The molecule has 84 heavy (non-hydrogen) atoms. The molecule has 0 saturated carbocycles. The van der Waals surface area contributed by atoms with E-state index in [1.54, 1.807) is 33.4 Å². The second-order valence-corrected chi connectivity index (χ2v) is 21.6. The quantitative estimate of drug-likeness (QED) is 0.107. The van der Waals surface area contributed by atoms with Crippen molar-refractivity contribution in [2.45, 2.75) is 26.2 Å². The summed E-state index contributed by atoms with van der Waals surface area (Å²) < 4.78 is 105. The molecule has 0 bridgehead atoms. The molecule has 0 saturated heterocycles. The third kappa shape index (κ3) is 8.21. The van der Waals surface area contributed by atoms with Gasteiger partial charge in [-0.05, 0) is 98.9 Å². The molecule has 5 heterocycles. The standard InChI is InChI=1S/C76H52N6O.Pt/c1-76(2,3)52-43-44-77-73(45-52)82-68-42-39-54(80-65-33-13-12-29-61(65)63-32-20-38-71(75(63)80)81-66-34-14-10-27-59(66)60-28-11-15-35-67(60)81)47-64(68)62-41-40-56(48-72(62)82)83-55-26-18-25-53(46-55)78-49-79(70-37-17-16-36-69(70)78)74-57(50-21-6-4-7-22-50)30-19-31-58(74)51-23-8-5-9-24-51;/h4-45,47H,1-3H3;/q-2;/i4D,5D,6D,7D,8D,9D,21D,22D,23D,24D;. The van der Waals surface area contributed by atoms with Gasteiger partial charge in [0.25, 0.3) is 6.33 Å². The van der Waals surface area contributed by atoms with Crippen LogP contribution in [0.1, 0.15) is 40.0 Å². The Kier molecular flexibility index (Phi) is 9.82. The van der Waals surface area contributed by atoms with Crippen LogP contribution in [-0.2, 0) is 26.5 Å². The fourth-order valence-electron chi connectivity index (χ4n) is 12.1. The number of ether oxygens (including phenoxy) is 1. The molecule has 16 rings (SSSR count). The maximum Gasteiger partial charge on any atom is 0.268 e. The molecular weight excluding hydrogens is 1210 g/mol. The Morgan fingerprint density at radius 2 is 1.07 bits per heavy atom. The zero-order chi connectivity index (χ0) is 64.0. The summed E-state index contributed by atoms with van der Waals surface area (Å²) in [5.41, 5.74) is 10.7. The van der Waals surface area contributed by atoms with Crippen LogP contribution in [0.25, 0.3) is 127 Å². The summed E-state index contributed by atoms with van der Waals surface area (Å²) >= 11 is 0. The predicted octanol–water partition coefficient (Wildman–Crippen LogP) is 18.4. The van der Waals surface area contributed by atoms with E-state index in [0.29, 0.717) is 34.0 Å². The topological polar surface area (TPSA) is 45.7 Å². The third-order valence-corrected chi connectivity index (χ3v) is 15.8. The van der Waals surface area contributed by atoms with E-state index in [9.17, 15) is 0 Å². The van der Waals surface area contributed by atoms with Crippen molar-refractivity contribution in [3.05, 3.63) is 285 Å². The van der Waals surface area contributed by atoms with Gasteiger partial charge in [-0.15, -0.1) is 29.7 Å². The van der Waals surface area contributed by atoms with Gasteiger partial charge >= 0.3 is 0 Å². The fraction of sp³-hybridized carbons (Fsp3) is 0.0526. The van der Waals surface area contributed by atoms with E-state index in [-0.39, 0.29) is 54.4 Å². The average molecular weight is 1270 g/mol. The van der Waals surface area contributed by atoms with Crippen LogP contribution < -0.4 is 9.30 Å². The zero-order valence-corrected chi connectivity index (χ0v) is 47.7. The van der Waals surface area contributed by atoms with E-state index in [1.165, 1.54) is 10.8 Å². The van der Waals surface area contributed by atoms with E-state index in [0.717, 1.165) is 71.6 Å². The maximum absolute atomic E-state index is 9.13. The smallest absolute Gasteiger partial charge is 0.268 e. The minimum Gasteiger partial charge on any atom is -0.510 e. The Morgan fingerprint density at radius 3 is 1.76 bits per heavy atom. The largest absolute Gasteiger partial charge is 0.510 e. The van der Waals surface area contributed by atoms with E-state index in [2.05, 4.69) is 180 Å². The maximum atomic E-state index is 9.13. The number of fused-ring (bicyclic) bond motifs is 10. The van der Waals surface area contributed by atoms with Gasteiger partial charge in [0, 0.05) is 71.5 Å². The molecule has 7 nitrogen and oxygen atoms in total. The number of para-hydroxylation sites is 7. The molecule has 404 valence electrons. The van der Waals surface area contributed by atoms with Crippen LogP contribution in [0.5, 0.6) is 11.5 Å². The minimum absolute atomic E-state index is 0. The van der Waals surface area contributed by atoms with Crippen molar-refractivity contribution in [2.24, 2.45) is 0 Å². The first-order valence-electron chi connectivity index (χ1n) is 32.4. The molecule has 8 heteroatoms. The van der Waals surface area contributed by atoms with E-state index in [4.69, 9.17) is 23.4 Å². The van der Waals surface area contributed by atoms with Gasteiger partial charge in [-0.3, -0.25) is 4.57 Å². The Morgan fingerprint density at radius 1 is 0.488 bits per heavy atom. The number of rotatable bonds is 9. The number of benzene rings is 11. The fourth-order valence-corrected chi connectivity index (χ4v) is 12.1. The van der Waals surface area contributed by atoms with Gasteiger partial charge in [0.2, 0.25) is 0 Å². The Balaban J connectivity index is 0.00000729.